The van der Waals surface area contributed by atoms with Crippen LogP contribution in [0.4, 0.5) is 0 Å². The van der Waals surface area contributed by atoms with Crippen molar-refractivity contribution in [2.45, 2.75) is 315 Å². The van der Waals surface area contributed by atoms with Gasteiger partial charge in [-0.25, -0.2) is 0 Å². The van der Waals surface area contributed by atoms with E-state index in [2.05, 4.69) is 31.3 Å². The zero-order valence-electron chi connectivity index (χ0n) is 41.2. The summed E-state index contributed by atoms with van der Waals surface area (Å²) in [6.07, 6.45) is 59.1. The summed E-state index contributed by atoms with van der Waals surface area (Å²) in [7, 11) is 0. The van der Waals surface area contributed by atoms with Gasteiger partial charge in [-0.05, 0) is 51.4 Å². The molecule has 2 unspecified atom stereocenters. The van der Waals surface area contributed by atoms with E-state index in [9.17, 15) is 19.8 Å². The number of hydrogen-bond donors (Lipinski definition) is 3. The van der Waals surface area contributed by atoms with Gasteiger partial charge >= 0.3 is 5.97 Å². The molecule has 1 amide bonds. The van der Waals surface area contributed by atoms with E-state index in [0.717, 1.165) is 44.9 Å². The van der Waals surface area contributed by atoms with Crippen LogP contribution in [0.15, 0.2) is 12.2 Å². The topological polar surface area (TPSA) is 95.9 Å². The normalized spacial score (nSPS) is 12.7. The molecule has 6 heteroatoms. The number of nitrogens with one attached hydrogen (secondary N) is 1. The number of carbonyl (C=O) groups excluding carboxylic acids is 2. The first-order chi connectivity index (χ1) is 30.0. The molecule has 0 aromatic heterocycles. The molecule has 61 heavy (non-hydrogen) atoms. The highest BCUT2D eigenvalue weighted by Crippen LogP contribution is 2.17. The number of rotatable bonds is 51. The lowest BCUT2D eigenvalue weighted by atomic mass is 10.0. The zero-order chi connectivity index (χ0) is 44.4. The third kappa shape index (κ3) is 47.9. The van der Waals surface area contributed by atoms with Gasteiger partial charge in [0.1, 0.15) is 0 Å². The van der Waals surface area contributed by atoms with Crippen LogP contribution < -0.4 is 5.32 Å². The minimum atomic E-state index is -0.662. The van der Waals surface area contributed by atoms with Crippen molar-refractivity contribution in [2.24, 2.45) is 0 Å². The van der Waals surface area contributed by atoms with Gasteiger partial charge in [-0.15, -0.1) is 0 Å². The fraction of sp³-hybridized carbons (Fsp3) is 0.927. The van der Waals surface area contributed by atoms with E-state index in [4.69, 9.17) is 4.74 Å². The van der Waals surface area contributed by atoms with Crippen molar-refractivity contribution >= 4 is 11.9 Å². The molecule has 0 aliphatic rings. The number of ether oxygens (including phenoxy) is 1. The summed E-state index contributed by atoms with van der Waals surface area (Å²) in [4.78, 5) is 24.4. The monoisotopic (exact) mass is 862 g/mol. The van der Waals surface area contributed by atoms with Crippen molar-refractivity contribution in [3.8, 4) is 0 Å². The molecule has 0 fully saturated rings. The van der Waals surface area contributed by atoms with E-state index in [1.54, 1.807) is 0 Å². The highest BCUT2D eigenvalue weighted by atomic mass is 16.5. The largest absolute Gasteiger partial charge is 0.466 e. The number of hydrogen-bond acceptors (Lipinski definition) is 5. The van der Waals surface area contributed by atoms with Crippen molar-refractivity contribution in [1.29, 1.82) is 0 Å². The molecule has 0 aromatic rings. The summed E-state index contributed by atoms with van der Waals surface area (Å²) in [6, 6.07) is -0.539. The Hall–Kier alpha value is -1.40. The van der Waals surface area contributed by atoms with Gasteiger partial charge < -0.3 is 20.3 Å². The van der Waals surface area contributed by atoms with Crippen LogP contribution in [0.5, 0.6) is 0 Å². The van der Waals surface area contributed by atoms with Crippen LogP contribution in [-0.2, 0) is 14.3 Å². The van der Waals surface area contributed by atoms with Crippen LogP contribution >= 0.6 is 0 Å². The maximum atomic E-state index is 12.4. The van der Waals surface area contributed by atoms with Gasteiger partial charge in [-0.1, -0.05) is 251 Å². The first kappa shape index (κ1) is 59.6. The van der Waals surface area contributed by atoms with Gasteiger partial charge in [0.05, 0.1) is 25.4 Å². The second-order valence-corrected chi connectivity index (χ2v) is 18.9. The predicted molar refractivity (Wildman–Crippen MR) is 264 cm³/mol. The van der Waals surface area contributed by atoms with E-state index in [1.165, 1.54) is 225 Å². The highest BCUT2D eigenvalue weighted by Gasteiger charge is 2.20. The van der Waals surface area contributed by atoms with Crippen LogP contribution in [0.1, 0.15) is 303 Å². The molecule has 0 heterocycles. The van der Waals surface area contributed by atoms with Crippen molar-refractivity contribution in [3.63, 3.8) is 0 Å². The SMILES string of the molecule is CCCCCC/C=C\CCCCCCCC(=O)OCCCCCCCCCCCCCCCCCCCCCCCC(=O)NC(CO)C(O)CCCCCCCCCCCC. The lowest BCUT2D eigenvalue weighted by Crippen LogP contribution is -2.45. The molecule has 0 aliphatic carbocycles. The number of allylic oxidation sites excluding steroid dienone is 2. The minimum Gasteiger partial charge on any atom is -0.466 e. The Labute approximate surface area is 380 Å². The molecule has 3 N–H and O–H groups in total. The molecule has 6 nitrogen and oxygen atoms in total. The maximum Gasteiger partial charge on any atom is 0.305 e. The lowest BCUT2D eigenvalue weighted by molar-refractivity contribution is -0.143. The third-order valence-electron chi connectivity index (χ3n) is 12.8. The summed E-state index contributed by atoms with van der Waals surface area (Å²) in [5.74, 6) is -0.0342. The number of unbranched alkanes of at least 4 members (excludes halogenated alkanes) is 38. The number of amides is 1. The summed E-state index contributed by atoms with van der Waals surface area (Å²) in [6.45, 7) is 4.92. The Bertz CT molecular complexity index is 909. The Morgan fingerprint density at radius 1 is 0.443 bits per heavy atom. The van der Waals surface area contributed by atoms with Gasteiger partial charge in [-0.2, -0.15) is 0 Å². The number of aliphatic hydroxyl groups excluding tert-OH is 2. The molecule has 0 rings (SSSR count). The maximum absolute atomic E-state index is 12.4. The zero-order valence-corrected chi connectivity index (χ0v) is 41.2. The standard InChI is InChI=1S/C55H107NO5/c1-3-5-7-9-11-13-15-25-29-33-37-41-45-49-55(60)61-50-46-42-38-34-30-27-24-22-20-18-16-17-19-21-23-26-28-32-36-40-44-48-54(59)56-52(51-57)53(58)47-43-39-35-31-14-12-10-8-6-4-2/h13,15,52-53,57-58H,3-12,14,16-51H2,1-2H3,(H,56,59)/b15-13-. The van der Waals surface area contributed by atoms with Crippen LogP contribution in [-0.4, -0.2) is 47.4 Å². The highest BCUT2D eigenvalue weighted by molar-refractivity contribution is 5.76. The summed E-state index contributed by atoms with van der Waals surface area (Å²) in [5, 5.41) is 23.1. The number of esters is 1. The second kappa shape index (κ2) is 51.2. The van der Waals surface area contributed by atoms with Crippen molar-refractivity contribution in [1.82, 2.24) is 5.32 Å². The average molecular weight is 862 g/mol. The smallest absolute Gasteiger partial charge is 0.305 e. The molecule has 0 aliphatic heterocycles. The first-order valence-electron chi connectivity index (χ1n) is 27.4. The molecule has 2 atom stereocenters. The van der Waals surface area contributed by atoms with E-state index in [-0.39, 0.29) is 18.5 Å². The molecule has 0 bridgehead atoms. The molecule has 362 valence electrons. The van der Waals surface area contributed by atoms with Crippen molar-refractivity contribution in [3.05, 3.63) is 12.2 Å². The molecular formula is C55H107NO5. The summed E-state index contributed by atoms with van der Waals surface area (Å²) < 4.78 is 5.46. The predicted octanol–water partition coefficient (Wildman–Crippen LogP) is 16.5. The third-order valence-corrected chi connectivity index (χ3v) is 12.8. The van der Waals surface area contributed by atoms with E-state index < -0.39 is 12.1 Å². The van der Waals surface area contributed by atoms with Gasteiger partial charge in [0.25, 0.3) is 0 Å². The Kier molecular flexibility index (Phi) is 50.1. The van der Waals surface area contributed by atoms with Crippen LogP contribution in [0, 0.1) is 0 Å². The second-order valence-electron chi connectivity index (χ2n) is 18.9. The Morgan fingerprint density at radius 3 is 1.18 bits per heavy atom. The Balaban J connectivity index is 3.36. The summed E-state index contributed by atoms with van der Waals surface area (Å²) >= 11 is 0. The summed E-state index contributed by atoms with van der Waals surface area (Å²) in [5.41, 5.74) is 0. The Morgan fingerprint density at radius 2 is 0.770 bits per heavy atom. The molecular weight excluding hydrogens is 755 g/mol. The van der Waals surface area contributed by atoms with Gasteiger partial charge in [0.15, 0.2) is 0 Å². The lowest BCUT2D eigenvalue weighted by Gasteiger charge is -2.22. The molecule has 0 saturated carbocycles. The van der Waals surface area contributed by atoms with Crippen LogP contribution in [0.2, 0.25) is 0 Å². The van der Waals surface area contributed by atoms with Crippen molar-refractivity contribution in [2.75, 3.05) is 13.2 Å². The number of aliphatic hydroxyl groups is 2. The molecule has 0 spiro atoms. The minimum absolute atomic E-state index is 0.00282. The molecule has 0 aromatic carbocycles. The van der Waals surface area contributed by atoms with Crippen molar-refractivity contribution < 1.29 is 24.5 Å². The molecule has 0 radical (unpaired) electrons. The van der Waals surface area contributed by atoms with Crippen LogP contribution in [0.3, 0.4) is 0 Å². The fourth-order valence-corrected chi connectivity index (χ4v) is 8.58. The van der Waals surface area contributed by atoms with E-state index >= 15 is 0 Å². The quantitative estimate of drug-likeness (QED) is 0.0322. The van der Waals surface area contributed by atoms with Gasteiger partial charge in [-0.3, -0.25) is 9.59 Å². The van der Waals surface area contributed by atoms with E-state index in [0.29, 0.717) is 25.9 Å². The van der Waals surface area contributed by atoms with Gasteiger partial charge in [0.2, 0.25) is 5.91 Å². The van der Waals surface area contributed by atoms with Crippen LogP contribution in [0.25, 0.3) is 0 Å². The first-order valence-corrected chi connectivity index (χ1v) is 27.4. The van der Waals surface area contributed by atoms with E-state index in [1.807, 2.05) is 0 Å². The number of carbonyl (C=O) groups is 2. The average Bonchev–Trinajstić information content (AvgIpc) is 3.26. The molecule has 0 saturated heterocycles. The van der Waals surface area contributed by atoms with Gasteiger partial charge in [0, 0.05) is 12.8 Å². The fourth-order valence-electron chi connectivity index (χ4n) is 8.58.